The number of rotatable bonds is 2. The number of piperazine rings is 1. The van der Waals surface area contributed by atoms with Crippen molar-refractivity contribution in [3.05, 3.63) is 70.8 Å². The summed E-state index contributed by atoms with van der Waals surface area (Å²) in [4.78, 5) is 5.22. The monoisotopic (exact) mass is 368 g/mol. The van der Waals surface area contributed by atoms with E-state index in [2.05, 4.69) is 9.80 Å². The van der Waals surface area contributed by atoms with Crippen molar-refractivity contribution >= 4 is 0 Å². The van der Waals surface area contributed by atoms with Crippen molar-refractivity contribution in [3.8, 4) is 0 Å². The third kappa shape index (κ3) is 3.19. The summed E-state index contributed by atoms with van der Waals surface area (Å²) in [6.45, 7) is 4.48. The fourth-order valence-electron chi connectivity index (χ4n) is 5.45. The molecule has 2 aromatic rings. The highest BCUT2D eigenvalue weighted by Crippen LogP contribution is 2.47. The first-order valence-electron chi connectivity index (χ1n) is 10.2. The first-order valence-corrected chi connectivity index (χ1v) is 10.2. The molecule has 0 bridgehead atoms. The van der Waals surface area contributed by atoms with Crippen molar-refractivity contribution in [1.82, 2.24) is 9.80 Å². The van der Waals surface area contributed by atoms with Crippen molar-refractivity contribution in [3.63, 3.8) is 0 Å². The minimum atomic E-state index is -0.207. The minimum Gasteiger partial charge on any atom is -0.298 e. The maximum atomic E-state index is 14.1. The van der Waals surface area contributed by atoms with Gasteiger partial charge in [0.1, 0.15) is 11.6 Å². The van der Waals surface area contributed by atoms with Gasteiger partial charge in [0.2, 0.25) is 0 Å². The Morgan fingerprint density at radius 1 is 0.778 bits per heavy atom. The first-order chi connectivity index (χ1) is 13.2. The van der Waals surface area contributed by atoms with E-state index in [1.807, 2.05) is 18.2 Å². The van der Waals surface area contributed by atoms with Crippen LogP contribution in [0.1, 0.15) is 54.3 Å². The van der Waals surface area contributed by atoms with Crippen LogP contribution in [0.3, 0.4) is 0 Å². The average Bonchev–Trinajstić information content (AvgIpc) is 3.07. The molecule has 27 heavy (non-hydrogen) atoms. The van der Waals surface area contributed by atoms with E-state index in [0.717, 1.165) is 37.2 Å². The molecular formula is C23H26F2N2. The normalized spacial score (nSPS) is 28.7. The van der Waals surface area contributed by atoms with Crippen LogP contribution in [0.25, 0.3) is 0 Å². The number of hydrogen-bond acceptors (Lipinski definition) is 2. The summed E-state index contributed by atoms with van der Waals surface area (Å²) in [5.41, 5.74) is 3.47. The average molecular weight is 368 g/mol. The number of benzene rings is 2. The standard InChI is InChI=1S/C23H26F2N2/c24-17-6-4-16(5-7-17)21-14-23(22-13-18(25)8-9-20(21)22)27-12-11-26-10-2-1-3-19(26)15-27/h4-9,13,19,21,23H,1-3,10-12,14-15H2. The van der Waals surface area contributed by atoms with E-state index in [0.29, 0.717) is 6.04 Å². The van der Waals surface area contributed by atoms with Crippen LogP contribution in [0.5, 0.6) is 0 Å². The molecule has 0 radical (unpaired) electrons. The Balaban J connectivity index is 1.45. The van der Waals surface area contributed by atoms with Gasteiger partial charge >= 0.3 is 0 Å². The molecule has 3 atom stereocenters. The van der Waals surface area contributed by atoms with Crippen molar-refractivity contribution < 1.29 is 8.78 Å². The largest absolute Gasteiger partial charge is 0.298 e. The van der Waals surface area contributed by atoms with Gasteiger partial charge in [-0.2, -0.15) is 0 Å². The van der Waals surface area contributed by atoms with Crippen LogP contribution in [-0.2, 0) is 0 Å². The van der Waals surface area contributed by atoms with E-state index >= 15 is 0 Å². The topological polar surface area (TPSA) is 6.48 Å². The van der Waals surface area contributed by atoms with E-state index in [1.165, 1.54) is 43.5 Å². The SMILES string of the molecule is Fc1ccc(C2CC(N3CCN4CCCCC4C3)c3cc(F)ccc32)cc1. The molecule has 2 fully saturated rings. The molecule has 1 aliphatic carbocycles. The summed E-state index contributed by atoms with van der Waals surface area (Å²) in [7, 11) is 0. The molecule has 4 heteroatoms. The molecule has 0 spiro atoms. The molecule has 2 heterocycles. The fourth-order valence-corrected chi connectivity index (χ4v) is 5.45. The molecule has 0 aromatic heterocycles. The maximum Gasteiger partial charge on any atom is 0.123 e. The van der Waals surface area contributed by atoms with Gasteiger partial charge in [-0.1, -0.05) is 24.6 Å². The van der Waals surface area contributed by atoms with Gasteiger partial charge in [0, 0.05) is 37.6 Å². The number of nitrogens with zero attached hydrogens (tertiary/aromatic N) is 2. The molecule has 0 saturated carbocycles. The summed E-state index contributed by atoms with van der Waals surface area (Å²) in [6.07, 6.45) is 4.88. The first kappa shape index (κ1) is 17.3. The van der Waals surface area contributed by atoms with E-state index in [-0.39, 0.29) is 23.6 Å². The van der Waals surface area contributed by atoms with Crippen LogP contribution < -0.4 is 0 Å². The molecule has 142 valence electrons. The zero-order valence-electron chi connectivity index (χ0n) is 15.6. The van der Waals surface area contributed by atoms with E-state index in [1.54, 1.807) is 12.1 Å². The maximum absolute atomic E-state index is 14.1. The van der Waals surface area contributed by atoms with Gasteiger partial charge in [0.15, 0.2) is 0 Å². The Morgan fingerprint density at radius 3 is 2.41 bits per heavy atom. The number of halogens is 2. The Kier molecular flexibility index (Phi) is 4.49. The number of piperidine rings is 1. The number of fused-ring (bicyclic) bond motifs is 2. The summed E-state index contributed by atoms with van der Waals surface area (Å²) in [5.74, 6) is -0.147. The second-order valence-electron chi connectivity index (χ2n) is 8.31. The van der Waals surface area contributed by atoms with Gasteiger partial charge < -0.3 is 0 Å². The molecule has 2 nitrogen and oxygen atoms in total. The van der Waals surface area contributed by atoms with Crippen molar-refractivity contribution in [2.45, 2.75) is 43.7 Å². The smallest absolute Gasteiger partial charge is 0.123 e. The van der Waals surface area contributed by atoms with Crippen LogP contribution in [0.15, 0.2) is 42.5 Å². The Labute approximate surface area is 159 Å². The molecule has 2 aliphatic heterocycles. The summed E-state index contributed by atoms with van der Waals surface area (Å²) in [6, 6.07) is 13.0. The van der Waals surface area contributed by atoms with Crippen LogP contribution in [0.2, 0.25) is 0 Å². The summed E-state index contributed by atoms with van der Waals surface area (Å²) < 4.78 is 27.5. The van der Waals surface area contributed by atoms with E-state index < -0.39 is 0 Å². The predicted molar refractivity (Wildman–Crippen MR) is 103 cm³/mol. The third-order valence-corrected chi connectivity index (χ3v) is 6.82. The molecule has 3 unspecified atom stereocenters. The highest BCUT2D eigenvalue weighted by atomic mass is 19.1. The van der Waals surface area contributed by atoms with Crippen LogP contribution in [-0.4, -0.2) is 42.0 Å². The molecule has 3 aliphatic rings. The van der Waals surface area contributed by atoms with Crippen LogP contribution in [0.4, 0.5) is 8.78 Å². The zero-order chi connectivity index (χ0) is 18.4. The molecule has 5 rings (SSSR count). The van der Waals surface area contributed by atoms with Crippen molar-refractivity contribution in [1.29, 1.82) is 0 Å². The molecule has 0 N–H and O–H groups in total. The van der Waals surface area contributed by atoms with Crippen LogP contribution in [0, 0.1) is 11.6 Å². The van der Waals surface area contributed by atoms with E-state index in [4.69, 9.17) is 0 Å². The highest BCUT2D eigenvalue weighted by Gasteiger charge is 2.39. The second-order valence-corrected chi connectivity index (χ2v) is 8.31. The molecular weight excluding hydrogens is 342 g/mol. The molecule has 0 amide bonds. The third-order valence-electron chi connectivity index (χ3n) is 6.82. The Morgan fingerprint density at radius 2 is 1.56 bits per heavy atom. The van der Waals surface area contributed by atoms with Gasteiger partial charge in [-0.05, 0) is 66.8 Å². The molecule has 2 aromatic carbocycles. The molecule has 2 saturated heterocycles. The Bertz CT molecular complexity index is 820. The second kappa shape index (κ2) is 6.99. The lowest BCUT2D eigenvalue weighted by molar-refractivity contribution is 0.0265. The van der Waals surface area contributed by atoms with E-state index in [9.17, 15) is 8.78 Å². The van der Waals surface area contributed by atoms with Gasteiger partial charge in [-0.25, -0.2) is 8.78 Å². The van der Waals surface area contributed by atoms with Crippen LogP contribution >= 0.6 is 0 Å². The lowest BCUT2D eigenvalue weighted by atomic mass is 9.93. The predicted octanol–water partition coefficient (Wildman–Crippen LogP) is 4.71. The van der Waals surface area contributed by atoms with Gasteiger partial charge in [0.05, 0.1) is 0 Å². The fraction of sp³-hybridized carbons (Fsp3) is 0.478. The van der Waals surface area contributed by atoms with Gasteiger partial charge in [0.25, 0.3) is 0 Å². The van der Waals surface area contributed by atoms with Crippen molar-refractivity contribution in [2.75, 3.05) is 26.2 Å². The lowest BCUT2D eigenvalue weighted by Crippen LogP contribution is -2.55. The zero-order valence-corrected chi connectivity index (χ0v) is 15.6. The highest BCUT2D eigenvalue weighted by molar-refractivity contribution is 5.45. The van der Waals surface area contributed by atoms with Gasteiger partial charge in [-0.3, -0.25) is 9.80 Å². The summed E-state index contributed by atoms with van der Waals surface area (Å²) >= 11 is 0. The van der Waals surface area contributed by atoms with Crippen molar-refractivity contribution in [2.24, 2.45) is 0 Å². The lowest BCUT2D eigenvalue weighted by Gasteiger charge is -2.46. The Hall–Kier alpha value is -1.78. The summed E-state index contributed by atoms with van der Waals surface area (Å²) in [5, 5.41) is 0. The quantitative estimate of drug-likeness (QED) is 0.757. The number of hydrogen-bond donors (Lipinski definition) is 0. The minimum absolute atomic E-state index is 0.158. The van der Waals surface area contributed by atoms with Gasteiger partial charge in [-0.15, -0.1) is 0 Å².